The van der Waals surface area contributed by atoms with E-state index in [-0.39, 0.29) is 12.1 Å². The first kappa shape index (κ1) is 12.7. The van der Waals surface area contributed by atoms with Crippen molar-refractivity contribution in [3.05, 3.63) is 60.7 Å². The molecule has 0 radical (unpaired) electrons. The van der Waals surface area contributed by atoms with Crippen LogP contribution in [0.4, 0.5) is 0 Å². The summed E-state index contributed by atoms with van der Waals surface area (Å²) in [5.41, 5.74) is 6.92. The Morgan fingerprint density at radius 2 is 2.05 bits per heavy atom. The van der Waals surface area contributed by atoms with Crippen molar-refractivity contribution < 1.29 is 9.15 Å². The van der Waals surface area contributed by atoms with Crippen LogP contribution < -0.4 is 10.5 Å². The molecule has 0 fully saturated rings. The van der Waals surface area contributed by atoms with E-state index in [1.807, 2.05) is 49.4 Å². The lowest BCUT2D eigenvalue weighted by Gasteiger charge is -2.21. The second kappa shape index (κ2) is 5.35. The zero-order chi connectivity index (χ0) is 13.9. The van der Waals surface area contributed by atoms with Gasteiger partial charge in [0.2, 0.25) is 0 Å². The number of hydrogen-bond donors (Lipinski definition) is 1. The van der Waals surface area contributed by atoms with Crippen LogP contribution in [0.3, 0.4) is 0 Å². The largest absolute Gasteiger partial charge is 0.480 e. The molecule has 0 aliphatic heterocycles. The Kier molecular flexibility index (Phi) is 3.39. The van der Waals surface area contributed by atoms with Crippen LogP contribution in [-0.2, 0) is 0 Å². The number of nitrogens with two attached hydrogens (primary N) is 1. The second-order valence-corrected chi connectivity index (χ2v) is 4.74. The highest BCUT2D eigenvalue weighted by atomic mass is 16.5. The minimum absolute atomic E-state index is 0.187. The fourth-order valence-electron chi connectivity index (χ4n) is 2.19. The molecule has 0 aliphatic rings. The number of fused-ring (bicyclic) bond motifs is 1. The molecule has 20 heavy (non-hydrogen) atoms. The first-order valence-corrected chi connectivity index (χ1v) is 6.55. The van der Waals surface area contributed by atoms with Crippen molar-refractivity contribution in [2.45, 2.75) is 19.1 Å². The van der Waals surface area contributed by atoms with E-state index in [0.29, 0.717) is 0 Å². The molecule has 2 atom stereocenters. The van der Waals surface area contributed by atoms with Crippen LogP contribution in [0.1, 0.15) is 18.8 Å². The third kappa shape index (κ3) is 2.38. The minimum atomic E-state index is -0.323. The maximum Gasteiger partial charge on any atom is 0.171 e. The van der Waals surface area contributed by atoms with E-state index in [1.165, 1.54) is 0 Å². The zero-order valence-electron chi connectivity index (χ0n) is 11.2. The van der Waals surface area contributed by atoms with Gasteiger partial charge in [-0.3, -0.25) is 4.98 Å². The van der Waals surface area contributed by atoms with Gasteiger partial charge in [0, 0.05) is 17.6 Å². The van der Waals surface area contributed by atoms with E-state index < -0.39 is 0 Å². The Balaban J connectivity index is 1.99. The summed E-state index contributed by atoms with van der Waals surface area (Å²) in [6.07, 6.45) is 3.07. The quantitative estimate of drug-likeness (QED) is 0.788. The molecular weight excluding hydrogens is 252 g/mol. The molecule has 0 spiro atoms. The number of aromatic nitrogens is 1. The molecule has 102 valence electrons. The minimum Gasteiger partial charge on any atom is -0.480 e. The van der Waals surface area contributed by atoms with E-state index in [0.717, 1.165) is 22.4 Å². The van der Waals surface area contributed by atoms with Gasteiger partial charge < -0.3 is 14.9 Å². The summed E-state index contributed by atoms with van der Waals surface area (Å²) in [4.78, 5) is 4.32. The normalized spacial score (nSPS) is 14.1. The van der Waals surface area contributed by atoms with E-state index in [2.05, 4.69) is 4.98 Å². The number of nitrogens with zero attached hydrogens (tertiary/aromatic N) is 1. The van der Waals surface area contributed by atoms with Crippen molar-refractivity contribution in [1.82, 2.24) is 4.98 Å². The van der Waals surface area contributed by atoms with E-state index in [1.54, 1.807) is 12.5 Å². The molecule has 3 aromatic rings. The van der Waals surface area contributed by atoms with Crippen molar-refractivity contribution in [3.8, 4) is 5.75 Å². The number of ether oxygens (including phenoxy) is 1. The molecule has 4 heteroatoms. The summed E-state index contributed by atoms with van der Waals surface area (Å²) < 4.78 is 11.5. The summed E-state index contributed by atoms with van der Waals surface area (Å²) in [7, 11) is 0. The van der Waals surface area contributed by atoms with Gasteiger partial charge in [0.1, 0.15) is 11.5 Å². The Morgan fingerprint density at radius 1 is 1.15 bits per heavy atom. The molecule has 2 unspecified atom stereocenters. The molecule has 4 nitrogen and oxygen atoms in total. The highest BCUT2D eigenvalue weighted by molar-refractivity contribution is 5.84. The highest BCUT2D eigenvalue weighted by Crippen LogP contribution is 2.30. The lowest BCUT2D eigenvalue weighted by molar-refractivity contribution is 0.155. The van der Waals surface area contributed by atoms with Gasteiger partial charge in [-0.05, 0) is 43.3 Å². The molecule has 2 N–H and O–H groups in total. The van der Waals surface area contributed by atoms with Crippen molar-refractivity contribution >= 4 is 10.9 Å². The lowest BCUT2D eigenvalue weighted by Crippen LogP contribution is -2.28. The second-order valence-electron chi connectivity index (χ2n) is 4.74. The Hall–Kier alpha value is -2.33. The summed E-state index contributed by atoms with van der Waals surface area (Å²) in [5.74, 6) is 1.48. The van der Waals surface area contributed by atoms with Gasteiger partial charge in [0.05, 0.1) is 11.8 Å². The van der Waals surface area contributed by atoms with E-state index in [4.69, 9.17) is 14.9 Å². The van der Waals surface area contributed by atoms with E-state index >= 15 is 0 Å². The molecule has 0 bridgehead atoms. The van der Waals surface area contributed by atoms with Crippen molar-refractivity contribution in [1.29, 1.82) is 0 Å². The molecule has 2 heterocycles. The third-order valence-corrected chi connectivity index (χ3v) is 3.16. The van der Waals surface area contributed by atoms with Crippen LogP contribution in [0.25, 0.3) is 10.9 Å². The fraction of sp³-hybridized carbons (Fsp3) is 0.188. The molecule has 2 aromatic heterocycles. The smallest absolute Gasteiger partial charge is 0.171 e. The summed E-state index contributed by atoms with van der Waals surface area (Å²) in [6, 6.07) is 13.2. The number of benzene rings is 1. The Bertz CT molecular complexity index is 687. The number of pyridine rings is 1. The van der Waals surface area contributed by atoms with Crippen molar-refractivity contribution in [2.24, 2.45) is 5.73 Å². The summed E-state index contributed by atoms with van der Waals surface area (Å²) in [6.45, 7) is 1.90. The summed E-state index contributed by atoms with van der Waals surface area (Å²) in [5, 5.41) is 0.965. The topological polar surface area (TPSA) is 61.3 Å². The standard InChI is InChI=1S/C16H16N2O2/c1-11(17)16(15-8-4-10-19-15)20-14-7-2-6-13-12(14)5-3-9-18-13/h2-11,16H,17H2,1H3. The van der Waals surface area contributed by atoms with Crippen LogP contribution in [-0.4, -0.2) is 11.0 Å². The Morgan fingerprint density at radius 3 is 2.80 bits per heavy atom. The monoisotopic (exact) mass is 268 g/mol. The van der Waals surface area contributed by atoms with Gasteiger partial charge in [0.15, 0.2) is 6.10 Å². The molecule has 3 rings (SSSR count). The first-order chi connectivity index (χ1) is 9.75. The van der Waals surface area contributed by atoms with Gasteiger partial charge in [-0.2, -0.15) is 0 Å². The molecule has 0 aliphatic carbocycles. The average Bonchev–Trinajstić information content (AvgIpc) is 2.98. The SMILES string of the molecule is CC(N)C(Oc1cccc2ncccc12)c1ccco1. The molecule has 0 saturated carbocycles. The van der Waals surface area contributed by atoms with Crippen LogP contribution in [0, 0.1) is 0 Å². The van der Waals surface area contributed by atoms with Crippen LogP contribution in [0.5, 0.6) is 5.75 Å². The lowest BCUT2D eigenvalue weighted by atomic mass is 10.1. The zero-order valence-corrected chi connectivity index (χ0v) is 11.2. The van der Waals surface area contributed by atoms with Gasteiger partial charge in [-0.15, -0.1) is 0 Å². The third-order valence-electron chi connectivity index (χ3n) is 3.16. The van der Waals surface area contributed by atoms with Crippen LogP contribution in [0.15, 0.2) is 59.3 Å². The van der Waals surface area contributed by atoms with Gasteiger partial charge in [-0.1, -0.05) is 6.07 Å². The average molecular weight is 268 g/mol. The van der Waals surface area contributed by atoms with Crippen molar-refractivity contribution in [2.75, 3.05) is 0 Å². The predicted molar refractivity (Wildman–Crippen MR) is 77.5 cm³/mol. The fourth-order valence-corrected chi connectivity index (χ4v) is 2.19. The number of furan rings is 1. The Labute approximate surface area is 117 Å². The molecule has 1 aromatic carbocycles. The number of hydrogen-bond acceptors (Lipinski definition) is 4. The number of rotatable bonds is 4. The molecule has 0 amide bonds. The highest BCUT2D eigenvalue weighted by Gasteiger charge is 2.21. The van der Waals surface area contributed by atoms with Crippen LogP contribution >= 0.6 is 0 Å². The predicted octanol–water partition coefficient (Wildman–Crippen LogP) is 3.30. The van der Waals surface area contributed by atoms with Gasteiger partial charge in [-0.25, -0.2) is 0 Å². The molecule has 0 saturated heterocycles. The van der Waals surface area contributed by atoms with Crippen LogP contribution in [0.2, 0.25) is 0 Å². The first-order valence-electron chi connectivity index (χ1n) is 6.55. The molecular formula is C16H16N2O2. The van der Waals surface area contributed by atoms with Gasteiger partial charge in [0.25, 0.3) is 0 Å². The van der Waals surface area contributed by atoms with Crippen molar-refractivity contribution in [3.63, 3.8) is 0 Å². The maximum absolute atomic E-state index is 6.07. The van der Waals surface area contributed by atoms with E-state index in [9.17, 15) is 0 Å². The summed E-state index contributed by atoms with van der Waals surface area (Å²) >= 11 is 0. The maximum atomic E-state index is 6.07. The van der Waals surface area contributed by atoms with Gasteiger partial charge >= 0.3 is 0 Å².